The first-order chi connectivity index (χ1) is 9.84. The van der Waals surface area contributed by atoms with Crippen molar-refractivity contribution < 1.29 is 13.2 Å². The van der Waals surface area contributed by atoms with E-state index in [0.29, 0.717) is 12.2 Å². The number of nitrogens with zero attached hydrogens (tertiary/aromatic N) is 1. The number of aryl methyl sites for hydroxylation is 1. The minimum atomic E-state index is -4.49. The first kappa shape index (κ1) is 15.3. The van der Waals surface area contributed by atoms with E-state index in [-0.39, 0.29) is 16.8 Å². The van der Waals surface area contributed by atoms with E-state index in [2.05, 4.69) is 9.97 Å². The van der Waals surface area contributed by atoms with Gasteiger partial charge in [-0.05, 0) is 19.4 Å². The Balaban J connectivity index is 2.70. The first-order valence-electron chi connectivity index (χ1n) is 6.61. The van der Waals surface area contributed by atoms with Crippen LogP contribution in [0.25, 0.3) is 11.3 Å². The molecule has 0 spiro atoms. The van der Waals surface area contributed by atoms with Crippen molar-refractivity contribution in [2.24, 2.45) is 0 Å². The molecule has 3 nitrogen and oxygen atoms in total. The summed E-state index contributed by atoms with van der Waals surface area (Å²) in [6, 6.07) is 5.17. The second-order valence-corrected chi connectivity index (χ2v) is 4.78. The van der Waals surface area contributed by atoms with Crippen molar-refractivity contribution in [2.75, 3.05) is 0 Å². The van der Waals surface area contributed by atoms with Gasteiger partial charge in [-0.25, -0.2) is 4.98 Å². The molecule has 0 saturated heterocycles. The van der Waals surface area contributed by atoms with Gasteiger partial charge >= 0.3 is 6.18 Å². The molecule has 6 heteroatoms. The maximum absolute atomic E-state index is 13.1. The first-order valence-corrected chi connectivity index (χ1v) is 6.61. The van der Waals surface area contributed by atoms with Gasteiger partial charge in [-0.3, -0.25) is 4.79 Å². The van der Waals surface area contributed by atoms with Gasteiger partial charge in [0.1, 0.15) is 5.82 Å². The Kier molecular flexibility index (Phi) is 4.16. The number of aromatic nitrogens is 2. The zero-order valence-electron chi connectivity index (χ0n) is 11.7. The largest absolute Gasteiger partial charge is 0.417 e. The maximum Gasteiger partial charge on any atom is 0.417 e. The average molecular weight is 296 g/mol. The Morgan fingerprint density at radius 3 is 2.52 bits per heavy atom. The molecule has 1 N–H and O–H groups in total. The summed E-state index contributed by atoms with van der Waals surface area (Å²) in [7, 11) is 0. The molecule has 2 aromatic rings. The minimum absolute atomic E-state index is 0.0639. The van der Waals surface area contributed by atoms with Gasteiger partial charge in [-0.15, -0.1) is 0 Å². The molecule has 0 aliphatic heterocycles. The van der Waals surface area contributed by atoms with Gasteiger partial charge < -0.3 is 4.98 Å². The van der Waals surface area contributed by atoms with Gasteiger partial charge in [0.05, 0.1) is 11.3 Å². The lowest BCUT2D eigenvalue weighted by Crippen LogP contribution is -2.17. The Hall–Kier alpha value is -2.11. The third kappa shape index (κ3) is 3.15. The Morgan fingerprint density at radius 2 is 1.90 bits per heavy atom. The zero-order valence-corrected chi connectivity index (χ0v) is 11.7. The van der Waals surface area contributed by atoms with Crippen LogP contribution in [0.2, 0.25) is 0 Å². The van der Waals surface area contributed by atoms with Crippen LogP contribution in [0.1, 0.15) is 30.3 Å². The van der Waals surface area contributed by atoms with E-state index in [1.54, 1.807) is 0 Å². The number of alkyl halides is 3. The second kappa shape index (κ2) is 5.71. The fraction of sp³-hybridized carbons (Fsp3) is 0.333. The quantitative estimate of drug-likeness (QED) is 0.938. The summed E-state index contributed by atoms with van der Waals surface area (Å²) in [6.45, 7) is 3.38. The van der Waals surface area contributed by atoms with E-state index in [1.807, 2.05) is 6.92 Å². The predicted octanol–water partition coefficient (Wildman–Crippen LogP) is 3.72. The number of halogens is 3. The summed E-state index contributed by atoms with van der Waals surface area (Å²) < 4.78 is 39.3. The normalized spacial score (nSPS) is 11.7. The Labute approximate surface area is 119 Å². The van der Waals surface area contributed by atoms with Crippen molar-refractivity contribution in [1.82, 2.24) is 9.97 Å². The smallest absolute Gasteiger partial charge is 0.310 e. The van der Waals surface area contributed by atoms with Crippen LogP contribution in [0.3, 0.4) is 0 Å². The lowest BCUT2D eigenvalue weighted by molar-refractivity contribution is -0.137. The van der Waals surface area contributed by atoms with Gasteiger partial charge in [-0.2, -0.15) is 13.2 Å². The van der Waals surface area contributed by atoms with Crippen LogP contribution in [0.4, 0.5) is 13.2 Å². The van der Waals surface area contributed by atoms with Gasteiger partial charge in [-0.1, -0.05) is 25.1 Å². The highest BCUT2D eigenvalue weighted by molar-refractivity contribution is 5.67. The molecule has 0 saturated carbocycles. The fourth-order valence-corrected chi connectivity index (χ4v) is 2.13. The summed E-state index contributed by atoms with van der Waals surface area (Å²) in [4.78, 5) is 18.7. The second-order valence-electron chi connectivity index (χ2n) is 4.78. The number of H-pyrrole nitrogens is 1. The molecule has 112 valence electrons. The molecule has 21 heavy (non-hydrogen) atoms. The van der Waals surface area contributed by atoms with Crippen molar-refractivity contribution >= 4 is 0 Å². The Bertz CT molecular complexity index is 705. The van der Waals surface area contributed by atoms with Gasteiger partial charge in [0.25, 0.3) is 5.56 Å². The third-order valence-electron chi connectivity index (χ3n) is 3.17. The van der Waals surface area contributed by atoms with E-state index < -0.39 is 17.3 Å². The summed E-state index contributed by atoms with van der Waals surface area (Å²) >= 11 is 0. The zero-order chi connectivity index (χ0) is 15.6. The molecule has 0 fully saturated rings. The number of benzene rings is 1. The van der Waals surface area contributed by atoms with Crippen LogP contribution in [-0.4, -0.2) is 9.97 Å². The molecule has 1 heterocycles. The minimum Gasteiger partial charge on any atom is -0.310 e. The lowest BCUT2D eigenvalue weighted by atomic mass is 10.0. The van der Waals surface area contributed by atoms with Crippen LogP contribution < -0.4 is 5.56 Å². The van der Waals surface area contributed by atoms with Crippen molar-refractivity contribution in [3.8, 4) is 11.3 Å². The Morgan fingerprint density at radius 1 is 1.24 bits per heavy atom. The van der Waals surface area contributed by atoms with Gasteiger partial charge in [0, 0.05) is 17.5 Å². The van der Waals surface area contributed by atoms with Gasteiger partial charge in [0.2, 0.25) is 0 Å². The van der Waals surface area contributed by atoms with Crippen LogP contribution in [0, 0.1) is 6.92 Å². The molecule has 2 rings (SSSR count). The van der Waals surface area contributed by atoms with E-state index in [0.717, 1.165) is 12.5 Å². The summed E-state index contributed by atoms with van der Waals surface area (Å²) in [6.07, 6.45) is -3.23. The maximum atomic E-state index is 13.1. The van der Waals surface area contributed by atoms with Crippen molar-refractivity contribution in [1.29, 1.82) is 0 Å². The summed E-state index contributed by atoms with van der Waals surface area (Å²) in [5, 5.41) is 0. The molecule has 0 bridgehead atoms. The van der Waals surface area contributed by atoms with E-state index in [1.165, 1.54) is 25.1 Å². The highest BCUT2D eigenvalue weighted by Crippen LogP contribution is 2.36. The van der Waals surface area contributed by atoms with Crippen molar-refractivity contribution in [3.05, 3.63) is 51.6 Å². The van der Waals surface area contributed by atoms with Crippen LogP contribution >= 0.6 is 0 Å². The topological polar surface area (TPSA) is 45.8 Å². The van der Waals surface area contributed by atoms with Gasteiger partial charge in [0.15, 0.2) is 0 Å². The molecule has 0 aliphatic carbocycles. The average Bonchev–Trinajstić information content (AvgIpc) is 2.42. The van der Waals surface area contributed by atoms with E-state index >= 15 is 0 Å². The monoisotopic (exact) mass is 296 g/mol. The predicted molar refractivity (Wildman–Crippen MR) is 74.0 cm³/mol. The number of rotatable bonds is 3. The summed E-state index contributed by atoms with van der Waals surface area (Å²) in [5.74, 6) is 0.403. The molecular formula is C15H15F3N2O. The SMILES string of the molecule is CCCc1nc(-c2ccccc2C(F)(F)F)c(C)c(=O)[nH]1. The molecule has 0 unspecified atom stereocenters. The van der Waals surface area contributed by atoms with Crippen molar-refractivity contribution in [3.63, 3.8) is 0 Å². The number of hydrogen-bond donors (Lipinski definition) is 1. The highest BCUT2D eigenvalue weighted by Gasteiger charge is 2.34. The van der Waals surface area contributed by atoms with Crippen LogP contribution in [-0.2, 0) is 12.6 Å². The van der Waals surface area contributed by atoms with E-state index in [9.17, 15) is 18.0 Å². The number of hydrogen-bond acceptors (Lipinski definition) is 2. The molecule has 0 atom stereocenters. The third-order valence-corrected chi connectivity index (χ3v) is 3.17. The van der Waals surface area contributed by atoms with E-state index in [4.69, 9.17) is 0 Å². The lowest BCUT2D eigenvalue weighted by Gasteiger charge is -2.14. The molecule has 1 aromatic heterocycles. The number of nitrogens with one attached hydrogen (secondary N) is 1. The molecule has 1 aromatic carbocycles. The summed E-state index contributed by atoms with van der Waals surface area (Å²) in [5.41, 5.74) is -0.971. The molecule has 0 amide bonds. The van der Waals surface area contributed by atoms with Crippen LogP contribution in [0.15, 0.2) is 29.1 Å². The van der Waals surface area contributed by atoms with Crippen LogP contribution in [0.5, 0.6) is 0 Å². The molecule has 0 radical (unpaired) electrons. The molecular weight excluding hydrogens is 281 g/mol. The highest BCUT2D eigenvalue weighted by atomic mass is 19.4. The molecule has 0 aliphatic rings. The standard InChI is InChI=1S/C15H15F3N2O/c1-3-6-12-19-13(9(2)14(21)20-12)10-7-4-5-8-11(10)15(16,17)18/h4-5,7-8H,3,6H2,1-2H3,(H,19,20,21). The van der Waals surface area contributed by atoms with Crippen molar-refractivity contribution in [2.45, 2.75) is 32.9 Å². The number of aromatic amines is 1. The fourth-order valence-electron chi connectivity index (χ4n) is 2.13.